The molecule has 0 aromatic rings. The molecule has 0 aliphatic rings. The Morgan fingerprint density at radius 2 is 1.93 bits per heavy atom. The van der Waals surface area contributed by atoms with Gasteiger partial charge in [-0.3, -0.25) is 4.55 Å². The van der Waals surface area contributed by atoms with Crippen molar-refractivity contribution in [2.45, 2.75) is 0 Å². The van der Waals surface area contributed by atoms with Crippen LogP contribution in [0.15, 0.2) is 0 Å². The van der Waals surface area contributed by atoms with E-state index in [1.165, 1.54) is 7.11 Å². The molecular weight excluding hydrogens is 291 g/mol. The van der Waals surface area contributed by atoms with Gasteiger partial charge in [-0.2, -0.15) is 8.42 Å². The smallest absolute Gasteiger partial charge is 0.852 e. The van der Waals surface area contributed by atoms with Crippen molar-refractivity contribution in [2.24, 2.45) is 5.73 Å². The first-order chi connectivity index (χ1) is 6.19. The van der Waals surface area contributed by atoms with Gasteiger partial charge in [-0.1, -0.05) is 12.2 Å². The van der Waals surface area contributed by atoms with Crippen LogP contribution < -0.4 is 67.5 Å². The molecule has 0 radical (unpaired) electrons. The van der Waals surface area contributed by atoms with Crippen molar-refractivity contribution in [3.05, 3.63) is 0 Å². The molecule has 0 unspecified atom stereocenters. The molecule has 7 nitrogen and oxygen atoms in total. The molecule has 0 spiro atoms. The van der Waals surface area contributed by atoms with E-state index in [0.29, 0.717) is 0 Å². The van der Waals surface area contributed by atoms with Crippen molar-refractivity contribution in [3.63, 3.8) is 0 Å². The maximum atomic E-state index is 10.0. The zero-order valence-corrected chi connectivity index (χ0v) is 13.7. The van der Waals surface area contributed by atoms with E-state index < -0.39 is 21.2 Å². The van der Waals surface area contributed by atoms with Gasteiger partial charge in [0.05, 0.1) is 7.11 Å². The van der Waals surface area contributed by atoms with E-state index in [0.717, 1.165) is 0 Å². The van der Waals surface area contributed by atoms with Gasteiger partial charge in [-0.05, 0) is 12.2 Å². The number of thiocarbonyl (C=S) groups is 2. The van der Waals surface area contributed by atoms with Crippen LogP contribution in [0.4, 0.5) is 0 Å². The first-order valence-electron chi connectivity index (χ1n) is 2.92. The SMILES string of the molecule is COC(=S)NCS(=O)(=O)O.NC([O-])=S.[K+]. The Hall–Kier alpha value is 0.926. The Labute approximate surface area is 141 Å². The molecule has 0 aromatic heterocycles. The quantitative estimate of drug-likeness (QED) is 0.261. The largest absolute Gasteiger partial charge is 1.00 e. The van der Waals surface area contributed by atoms with Gasteiger partial charge in [-0.15, -0.1) is 0 Å². The number of nitrogens with two attached hydrogens (primary N) is 1. The summed E-state index contributed by atoms with van der Waals surface area (Å²) in [5, 5.41) is 10.4. The maximum absolute atomic E-state index is 10.0. The van der Waals surface area contributed by atoms with Gasteiger partial charge in [-0.25, -0.2) is 0 Å². The van der Waals surface area contributed by atoms with E-state index >= 15 is 0 Å². The van der Waals surface area contributed by atoms with Crippen molar-refractivity contribution in [1.82, 2.24) is 5.32 Å². The molecule has 15 heavy (non-hydrogen) atoms. The van der Waals surface area contributed by atoms with Gasteiger partial charge < -0.3 is 20.9 Å². The average molecular weight is 300 g/mol. The molecule has 0 amide bonds. The Morgan fingerprint density at radius 1 is 1.60 bits per heavy atom. The van der Waals surface area contributed by atoms with Crippen molar-refractivity contribution in [3.8, 4) is 0 Å². The summed E-state index contributed by atoms with van der Waals surface area (Å²) < 4.78 is 32.6. The second-order valence-corrected chi connectivity index (χ2v) is 3.94. The predicted molar refractivity (Wildman–Crippen MR) is 55.9 cm³/mol. The summed E-state index contributed by atoms with van der Waals surface area (Å²) in [7, 11) is -2.72. The molecule has 11 heteroatoms. The molecule has 0 saturated carbocycles. The molecular formula is C4H9KN2O5S3. The third-order valence-electron chi connectivity index (χ3n) is 0.584. The molecule has 0 fully saturated rings. The second-order valence-electron chi connectivity index (χ2n) is 1.71. The molecule has 0 saturated heterocycles. The van der Waals surface area contributed by atoms with E-state index in [1.54, 1.807) is 0 Å². The minimum Gasteiger partial charge on any atom is -0.852 e. The van der Waals surface area contributed by atoms with Crippen molar-refractivity contribution >= 4 is 44.9 Å². The molecule has 0 heterocycles. The topological polar surface area (TPSA) is 125 Å². The average Bonchev–Trinajstić information content (AvgIpc) is 1.97. The summed E-state index contributed by atoms with van der Waals surface area (Å²) in [5.74, 6) is -0.625. The molecule has 0 rings (SSSR count). The van der Waals surface area contributed by atoms with Crippen LogP contribution in [0, 0.1) is 0 Å². The van der Waals surface area contributed by atoms with Crippen LogP contribution in [0.25, 0.3) is 0 Å². The molecule has 84 valence electrons. The molecule has 0 atom stereocenters. The maximum Gasteiger partial charge on any atom is 1.00 e. The number of methoxy groups -OCH3 is 1. The fourth-order valence-corrected chi connectivity index (χ4v) is 0.699. The predicted octanol–water partition coefficient (Wildman–Crippen LogP) is -5.05. The minimum absolute atomic E-state index is 0. The van der Waals surface area contributed by atoms with Gasteiger partial charge in [0.25, 0.3) is 15.3 Å². The van der Waals surface area contributed by atoms with E-state index in [1.807, 2.05) is 0 Å². The van der Waals surface area contributed by atoms with Crippen LogP contribution in [0.3, 0.4) is 0 Å². The summed E-state index contributed by atoms with van der Waals surface area (Å²) in [6, 6.07) is 0. The number of rotatable bonds is 2. The molecule has 0 aliphatic heterocycles. The Morgan fingerprint density at radius 3 is 2.13 bits per heavy atom. The summed E-state index contributed by atoms with van der Waals surface area (Å²) >= 11 is 8.17. The molecule has 4 N–H and O–H groups in total. The Balaban J connectivity index is -0.000000249. The standard InChI is InChI=1S/C3H7NO4S2.CH3NOS.K/c1-8-3(9)4-2-10(5,6)7;2-1(3)4;/h2H2,1H3,(H,4,9)(H,5,6,7);(H3,2,3,4);/q;;+1/p-1. The Kier molecular flexibility index (Phi) is 16.2. The van der Waals surface area contributed by atoms with E-state index in [9.17, 15) is 8.42 Å². The molecule has 0 bridgehead atoms. The first-order valence-corrected chi connectivity index (χ1v) is 5.35. The van der Waals surface area contributed by atoms with E-state index in [2.05, 4.69) is 40.2 Å². The van der Waals surface area contributed by atoms with Crippen LogP contribution in [0.5, 0.6) is 0 Å². The van der Waals surface area contributed by atoms with Crippen LogP contribution in [-0.4, -0.2) is 36.3 Å². The monoisotopic (exact) mass is 300 g/mol. The van der Waals surface area contributed by atoms with Gasteiger partial charge in [0.15, 0.2) is 0 Å². The normalized spacial score (nSPS) is 8.67. The first kappa shape index (κ1) is 21.2. The minimum atomic E-state index is -4.01. The zero-order valence-electron chi connectivity index (χ0n) is 8.09. The van der Waals surface area contributed by atoms with Crippen LogP contribution in [0.1, 0.15) is 0 Å². The third kappa shape index (κ3) is 31.3. The van der Waals surface area contributed by atoms with E-state index in [4.69, 9.17) is 9.66 Å². The number of hydrogen-bond donors (Lipinski definition) is 3. The van der Waals surface area contributed by atoms with Gasteiger partial charge in [0.1, 0.15) is 5.88 Å². The molecule has 0 aromatic carbocycles. The van der Waals surface area contributed by atoms with Gasteiger partial charge in [0, 0.05) is 5.17 Å². The van der Waals surface area contributed by atoms with Crippen LogP contribution in [-0.2, 0) is 14.9 Å². The van der Waals surface area contributed by atoms with Crippen molar-refractivity contribution < 1.29 is 74.2 Å². The summed E-state index contributed by atoms with van der Waals surface area (Å²) in [5.41, 5.74) is 4.29. The van der Waals surface area contributed by atoms with Crippen molar-refractivity contribution in [1.29, 1.82) is 0 Å². The van der Waals surface area contributed by atoms with Crippen LogP contribution >= 0.6 is 24.4 Å². The summed E-state index contributed by atoms with van der Waals surface area (Å²) in [6.45, 7) is 0. The Bertz CT molecular complexity index is 289. The third-order valence-corrected chi connectivity index (χ3v) is 1.40. The second kappa shape index (κ2) is 11.4. The van der Waals surface area contributed by atoms with Gasteiger partial charge in [0.2, 0.25) is 0 Å². The van der Waals surface area contributed by atoms with E-state index in [-0.39, 0.29) is 56.6 Å². The number of hydrogen-bond acceptors (Lipinski definition) is 6. The van der Waals surface area contributed by atoms with Gasteiger partial charge >= 0.3 is 51.4 Å². The van der Waals surface area contributed by atoms with Crippen LogP contribution in [0.2, 0.25) is 0 Å². The fourth-order valence-electron chi connectivity index (χ4n) is 0.222. The molecule has 0 aliphatic carbocycles. The summed E-state index contributed by atoms with van der Waals surface area (Å²) in [4.78, 5) is 0. The fraction of sp³-hybridized carbons (Fsp3) is 0.500. The number of nitrogens with one attached hydrogen (secondary N) is 1. The number of ether oxygens (including phenoxy) is 1. The zero-order chi connectivity index (χ0) is 11.8. The summed E-state index contributed by atoms with van der Waals surface area (Å²) in [6.07, 6.45) is 0. The van der Waals surface area contributed by atoms with Crippen molar-refractivity contribution in [2.75, 3.05) is 13.0 Å².